The summed E-state index contributed by atoms with van der Waals surface area (Å²) in [6.07, 6.45) is 6.39. The Labute approximate surface area is 121 Å². The SMILES string of the molecule is Cc1cnc(-c2nnnn2CC2(C(=O)O)CCCC2)cn1. The highest BCUT2D eigenvalue weighted by Gasteiger charge is 2.42. The number of hydrogen-bond donors (Lipinski definition) is 1. The molecule has 0 atom stereocenters. The second-order valence-corrected chi connectivity index (χ2v) is 5.50. The van der Waals surface area contributed by atoms with Crippen molar-refractivity contribution in [2.75, 3.05) is 0 Å². The van der Waals surface area contributed by atoms with E-state index in [0.29, 0.717) is 24.4 Å². The molecule has 0 radical (unpaired) electrons. The van der Waals surface area contributed by atoms with Gasteiger partial charge in [-0.1, -0.05) is 12.8 Å². The molecule has 8 heteroatoms. The highest BCUT2D eigenvalue weighted by molar-refractivity contribution is 5.75. The Kier molecular flexibility index (Phi) is 3.36. The standard InChI is InChI=1S/C13H16N6O2/c1-9-6-15-10(7-14-9)11-16-17-18-19(11)8-13(12(20)21)4-2-3-5-13/h6-7H,2-5,8H2,1H3,(H,20,21). The monoisotopic (exact) mass is 288 g/mol. The van der Waals surface area contributed by atoms with Crippen LogP contribution in [0.2, 0.25) is 0 Å². The van der Waals surface area contributed by atoms with E-state index in [1.54, 1.807) is 12.4 Å². The van der Waals surface area contributed by atoms with Crippen LogP contribution in [0.3, 0.4) is 0 Å². The number of tetrazole rings is 1. The Morgan fingerprint density at radius 2 is 2.10 bits per heavy atom. The number of aliphatic carboxylic acids is 1. The Hall–Kier alpha value is -2.38. The molecule has 8 nitrogen and oxygen atoms in total. The van der Waals surface area contributed by atoms with Gasteiger partial charge in [-0.3, -0.25) is 9.78 Å². The summed E-state index contributed by atoms with van der Waals surface area (Å²) < 4.78 is 1.53. The Morgan fingerprint density at radius 1 is 1.33 bits per heavy atom. The quantitative estimate of drug-likeness (QED) is 0.897. The largest absolute Gasteiger partial charge is 0.481 e. The van der Waals surface area contributed by atoms with Crippen molar-refractivity contribution in [3.05, 3.63) is 18.1 Å². The fourth-order valence-electron chi connectivity index (χ4n) is 2.78. The Balaban J connectivity index is 1.92. The van der Waals surface area contributed by atoms with E-state index < -0.39 is 11.4 Å². The number of aryl methyl sites for hydroxylation is 1. The minimum atomic E-state index is -0.781. The first-order chi connectivity index (χ1) is 10.1. The number of carboxylic acid groups (broad SMARTS) is 1. The molecule has 1 fully saturated rings. The molecule has 0 aliphatic heterocycles. The molecule has 0 unspecified atom stereocenters. The first-order valence-electron chi connectivity index (χ1n) is 6.89. The highest BCUT2D eigenvalue weighted by Crippen LogP contribution is 2.40. The average molecular weight is 288 g/mol. The summed E-state index contributed by atoms with van der Waals surface area (Å²) in [5.74, 6) is -0.327. The van der Waals surface area contributed by atoms with Crippen LogP contribution in [0.4, 0.5) is 0 Å². The zero-order chi connectivity index (χ0) is 14.9. The van der Waals surface area contributed by atoms with Gasteiger partial charge < -0.3 is 5.11 Å². The number of aromatic nitrogens is 6. The predicted molar refractivity (Wildman–Crippen MR) is 72.1 cm³/mol. The van der Waals surface area contributed by atoms with Crippen molar-refractivity contribution in [1.29, 1.82) is 0 Å². The van der Waals surface area contributed by atoms with E-state index in [0.717, 1.165) is 18.5 Å². The third kappa shape index (κ3) is 2.48. The molecule has 0 spiro atoms. The minimum absolute atomic E-state index is 0.264. The van der Waals surface area contributed by atoms with Crippen LogP contribution in [0.5, 0.6) is 0 Å². The minimum Gasteiger partial charge on any atom is -0.481 e. The van der Waals surface area contributed by atoms with Gasteiger partial charge in [0.2, 0.25) is 5.82 Å². The van der Waals surface area contributed by atoms with Gasteiger partial charge in [-0.05, 0) is 30.2 Å². The van der Waals surface area contributed by atoms with Crippen molar-refractivity contribution >= 4 is 5.97 Å². The van der Waals surface area contributed by atoms with Gasteiger partial charge in [-0.15, -0.1) is 5.10 Å². The van der Waals surface area contributed by atoms with E-state index in [1.165, 1.54) is 4.68 Å². The third-order valence-corrected chi connectivity index (χ3v) is 4.01. The second kappa shape index (κ2) is 5.19. The lowest BCUT2D eigenvalue weighted by Crippen LogP contribution is -2.33. The van der Waals surface area contributed by atoms with Crippen LogP contribution in [0, 0.1) is 12.3 Å². The maximum absolute atomic E-state index is 11.6. The van der Waals surface area contributed by atoms with E-state index in [9.17, 15) is 9.90 Å². The molecule has 3 rings (SSSR count). The summed E-state index contributed by atoms with van der Waals surface area (Å²) in [6, 6.07) is 0. The molecule has 1 saturated carbocycles. The predicted octanol–water partition coefficient (Wildman–Crippen LogP) is 1.08. The maximum Gasteiger partial charge on any atom is 0.311 e. The molecule has 0 aromatic carbocycles. The summed E-state index contributed by atoms with van der Waals surface area (Å²) in [5.41, 5.74) is 0.571. The maximum atomic E-state index is 11.6. The molecule has 0 amide bonds. The molecule has 0 bridgehead atoms. The fourth-order valence-corrected chi connectivity index (χ4v) is 2.78. The van der Waals surface area contributed by atoms with Gasteiger partial charge in [0.25, 0.3) is 0 Å². The van der Waals surface area contributed by atoms with E-state index in [-0.39, 0.29) is 6.54 Å². The normalized spacial score (nSPS) is 17.0. The summed E-state index contributed by atoms with van der Waals surface area (Å²) in [5, 5.41) is 21.1. The van der Waals surface area contributed by atoms with E-state index in [1.807, 2.05) is 6.92 Å². The van der Waals surface area contributed by atoms with Crippen LogP contribution in [0.15, 0.2) is 12.4 Å². The fraction of sp³-hybridized carbons (Fsp3) is 0.538. The number of carboxylic acids is 1. The molecule has 1 N–H and O–H groups in total. The summed E-state index contributed by atoms with van der Waals surface area (Å²) in [4.78, 5) is 20.1. The van der Waals surface area contributed by atoms with E-state index >= 15 is 0 Å². The summed E-state index contributed by atoms with van der Waals surface area (Å²) >= 11 is 0. The molecule has 2 aromatic heterocycles. The highest BCUT2D eigenvalue weighted by atomic mass is 16.4. The van der Waals surface area contributed by atoms with Crippen molar-refractivity contribution in [2.45, 2.75) is 39.2 Å². The van der Waals surface area contributed by atoms with Gasteiger partial charge in [0, 0.05) is 6.20 Å². The number of carbonyl (C=O) groups is 1. The zero-order valence-corrected chi connectivity index (χ0v) is 11.7. The van der Waals surface area contributed by atoms with Gasteiger partial charge in [0.05, 0.1) is 23.9 Å². The molecule has 2 heterocycles. The number of rotatable bonds is 4. The lowest BCUT2D eigenvalue weighted by molar-refractivity contribution is -0.149. The molecule has 110 valence electrons. The van der Waals surface area contributed by atoms with Crippen LogP contribution in [-0.4, -0.2) is 41.3 Å². The van der Waals surface area contributed by atoms with Crippen molar-refractivity contribution < 1.29 is 9.90 Å². The molecule has 1 aliphatic rings. The van der Waals surface area contributed by atoms with Crippen molar-refractivity contribution in [1.82, 2.24) is 30.2 Å². The summed E-state index contributed by atoms with van der Waals surface area (Å²) in [7, 11) is 0. The van der Waals surface area contributed by atoms with Crippen molar-refractivity contribution in [2.24, 2.45) is 5.41 Å². The van der Waals surface area contributed by atoms with Crippen LogP contribution in [-0.2, 0) is 11.3 Å². The Bertz CT molecular complexity index is 645. The molecule has 21 heavy (non-hydrogen) atoms. The first kappa shape index (κ1) is 13.6. The molecule has 1 aliphatic carbocycles. The smallest absolute Gasteiger partial charge is 0.311 e. The second-order valence-electron chi connectivity index (χ2n) is 5.50. The number of nitrogens with zero attached hydrogens (tertiary/aromatic N) is 6. The van der Waals surface area contributed by atoms with Crippen LogP contribution >= 0.6 is 0 Å². The Morgan fingerprint density at radius 3 is 2.71 bits per heavy atom. The zero-order valence-electron chi connectivity index (χ0n) is 11.7. The van der Waals surface area contributed by atoms with Crippen molar-refractivity contribution in [3.63, 3.8) is 0 Å². The van der Waals surface area contributed by atoms with Gasteiger partial charge in [0.15, 0.2) is 0 Å². The first-order valence-corrected chi connectivity index (χ1v) is 6.89. The lowest BCUT2D eigenvalue weighted by atomic mass is 9.86. The molecular weight excluding hydrogens is 272 g/mol. The van der Waals surface area contributed by atoms with Gasteiger partial charge >= 0.3 is 5.97 Å². The van der Waals surface area contributed by atoms with Gasteiger partial charge in [-0.25, -0.2) is 9.67 Å². The topological polar surface area (TPSA) is 107 Å². The van der Waals surface area contributed by atoms with E-state index in [4.69, 9.17) is 0 Å². The summed E-state index contributed by atoms with van der Waals surface area (Å²) in [6.45, 7) is 2.11. The van der Waals surface area contributed by atoms with Crippen molar-refractivity contribution in [3.8, 4) is 11.5 Å². The lowest BCUT2D eigenvalue weighted by Gasteiger charge is -2.23. The average Bonchev–Trinajstić information content (AvgIpc) is 3.10. The molecule has 0 saturated heterocycles. The van der Waals surface area contributed by atoms with Crippen LogP contribution in [0.1, 0.15) is 31.4 Å². The number of hydrogen-bond acceptors (Lipinski definition) is 6. The van der Waals surface area contributed by atoms with E-state index in [2.05, 4.69) is 25.5 Å². The third-order valence-electron chi connectivity index (χ3n) is 4.01. The van der Waals surface area contributed by atoms with Crippen LogP contribution in [0.25, 0.3) is 11.5 Å². The van der Waals surface area contributed by atoms with Crippen LogP contribution < -0.4 is 0 Å². The molecular formula is C13H16N6O2. The molecule has 2 aromatic rings. The van der Waals surface area contributed by atoms with Gasteiger partial charge in [0.1, 0.15) is 5.69 Å². The van der Waals surface area contributed by atoms with Gasteiger partial charge in [-0.2, -0.15) is 0 Å².